The van der Waals surface area contributed by atoms with Crippen LogP contribution in [-0.4, -0.2) is 18.7 Å². The van der Waals surface area contributed by atoms with Crippen LogP contribution in [0.3, 0.4) is 0 Å². The summed E-state index contributed by atoms with van der Waals surface area (Å²) >= 11 is 1.41. The molecule has 0 saturated carbocycles. The largest absolute Gasteiger partial charge is 0.497 e. The Kier molecular flexibility index (Phi) is 4.99. The number of hydrogen-bond acceptors (Lipinski definition) is 7. The highest BCUT2D eigenvalue weighted by Gasteiger charge is 2.12. The molecule has 4 rings (SSSR count). The van der Waals surface area contributed by atoms with Crippen LogP contribution in [0.15, 0.2) is 63.1 Å². The van der Waals surface area contributed by atoms with Crippen LogP contribution in [-0.2, 0) is 0 Å². The maximum atomic E-state index is 12.5. The van der Waals surface area contributed by atoms with Gasteiger partial charge in [0, 0.05) is 28.6 Å². The van der Waals surface area contributed by atoms with Crippen LogP contribution in [0.5, 0.6) is 11.5 Å². The molecule has 2 aromatic heterocycles. The van der Waals surface area contributed by atoms with E-state index in [1.807, 2.05) is 48.7 Å². The molecule has 0 atom stereocenters. The lowest BCUT2D eigenvalue weighted by Gasteiger charge is -2.05. The van der Waals surface area contributed by atoms with Crippen LogP contribution in [0, 0.1) is 0 Å². The Morgan fingerprint density at radius 2 is 2.04 bits per heavy atom. The lowest BCUT2D eigenvalue weighted by Crippen LogP contribution is -2.03. The molecule has 0 amide bonds. The number of fused-ring (bicyclic) bond motifs is 1. The third kappa shape index (κ3) is 3.70. The molecule has 0 saturated heterocycles. The molecule has 142 valence electrons. The third-order valence-electron chi connectivity index (χ3n) is 4.12. The molecule has 2 aromatic carbocycles. The van der Waals surface area contributed by atoms with Crippen molar-refractivity contribution in [3.8, 4) is 22.8 Å². The Labute approximate surface area is 165 Å². The zero-order valence-corrected chi connectivity index (χ0v) is 16.2. The number of aromatic nitrogens is 1. The highest BCUT2D eigenvalue weighted by Crippen LogP contribution is 2.29. The van der Waals surface area contributed by atoms with Crippen molar-refractivity contribution in [1.29, 1.82) is 0 Å². The quantitative estimate of drug-likeness (QED) is 0.461. The van der Waals surface area contributed by atoms with Gasteiger partial charge in [0.25, 0.3) is 0 Å². The molecule has 28 heavy (non-hydrogen) atoms. The van der Waals surface area contributed by atoms with Crippen LogP contribution >= 0.6 is 11.3 Å². The number of hydrogen-bond donors (Lipinski definition) is 1. The Morgan fingerprint density at radius 1 is 1.14 bits per heavy atom. The lowest BCUT2D eigenvalue weighted by molar-refractivity contribution is 0.340. The van der Waals surface area contributed by atoms with Gasteiger partial charge in [-0.25, -0.2) is 9.78 Å². The van der Waals surface area contributed by atoms with E-state index < -0.39 is 5.63 Å². The Balaban J connectivity index is 1.64. The minimum Gasteiger partial charge on any atom is -0.497 e. The lowest BCUT2D eigenvalue weighted by atomic mass is 10.1. The molecule has 4 aromatic rings. The van der Waals surface area contributed by atoms with Crippen LogP contribution in [0.4, 0.5) is 10.8 Å². The van der Waals surface area contributed by atoms with Gasteiger partial charge in [-0.3, -0.25) is 0 Å². The van der Waals surface area contributed by atoms with Gasteiger partial charge < -0.3 is 19.2 Å². The van der Waals surface area contributed by atoms with E-state index in [9.17, 15) is 4.79 Å². The highest BCUT2D eigenvalue weighted by atomic mass is 32.1. The first-order valence-corrected chi connectivity index (χ1v) is 9.62. The highest BCUT2D eigenvalue weighted by molar-refractivity contribution is 7.14. The zero-order valence-electron chi connectivity index (χ0n) is 15.4. The number of ether oxygens (including phenoxy) is 2. The average molecular weight is 394 g/mol. The summed E-state index contributed by atoms with van der Waals surface area (Å²) in [5, 5.41) is 6.54. The summed E-state index contributed by atoms with van der Waals surface area (Å²) in [4.78, 5) is 17.0. The second kappa shape index (κ2) is 7.74. The second-order valence-electron chi connectivity index (χ2n) is 5.98. The van der Waals surface area contributed by atoms with Gasteiger partial charge in [0.2, 0.25) is 0 Å². The molecule has 2 heterocycles. The number of nitrogens with one attached hydrogen (secondary N) is 1. The first-order chi connectivity index (χ1) is 13.7. The van der Waals surface area contributed by atoms with Gasteiger partial charge in [-0.15, -0.1) is 11.3 Å². The summed E-state index contributed by atoms with van der Waals surface area (Å²) in [6.07, 6.45) is 0. The van der Waals surface area contributed by atoms with Gasteiger partial charge in [-0.1, -0.05) is 6.07 Å². The first-order valence-electron chi connectivity index (χ1n) is 8.74. The molecule has 0 fully saturated rings. The van der Waals surface area contributed by atoms with Crippen molar-refractivity contribution in [3.63, 3.8) is 0 Å². The minimum absolute atomic E-state index is 0.423. The summed E-state index contributed by atoms with van der Waals surface area (Å²) in [5.41, 5.74) is 1.91. The predicted molar refractivity (Wildman–Crippen MR) is 111 cm³/mol. The van der Waals surface area contributed by atoms with E-state index in [-0.39, 0.29) is 0 Å². The number of anilines is 2. The van der Waals surface area contributed by atoms with E-state index in [1.165, 1.54) is 11.3 Å². The molecule has 0 radical (unpaired) electrons. The van der Waals surface area contributed by atoms with Crippen molar-refractivity contribution >= 4 is 33.1 Å². The number of nitrogens with zero attached hydrogens (tertiary/aromatic N) is 1. The molecule has 0 aliphatic heterocycles. The molecular weight excluding hydrogens is 376 g/mol. The molecule has 0 spiro atoms. The maximum Gasteiger partial charge on any atom is 0.345 e. The van der Waals surface area contributed by atoms with Gasteiger partial charge in [-0.05, 0) is 37.3 Å². The van der Waals surface area contributed by atoms with Crippen molar-refractivity contribution < 1.29 is 13.9 Å². The van der Waals surface area contributed by atoms with E-state index in [2.05, 4.69) is 10.3 Å². The van der Waals surface area contributed by atoms with E-state index >= 15 is 0 Å². The summed E-state index contributed by atoms with van der Waals surface area (Å²) in [7, 11) is 1.62. The Bertz CT molecular complexity index is 1180. The second-order valence-corrected chi connectivity index (χ2v) is 6.83. The summed E-state index contributed by atoms with van der Waals surface area (Å²) in [6, 6.07) is 14.8. The topological polar surface area (TPSA) is 73.6 Å². The van der Waals surface area contributed by atoms with E-state index in [0.29, 0.717) is 34.3 Å². The van der Waals surface area contributed by atoms with Crippen molar-refractivity contribution in [2.45, 2.75) is 6.92 Å². The standard InChI is InChI=1S/C21H18N2O4S/c1-3-26-16-8-7-13-9-17(20(24)27-19(13)11-16)18-12-28-21(23-18)22-14-5-4-6-15(10-14)25-2/h4-12H,3H2,1-2H3,(H,22,23). The number of benzene rings is 2. The SMILES string of the molecule is CCOc1ccc2cc(-c3csc(Nc4cccc(OC)c4)n3)c(=O)oc2c1. The smallest absolute Gasteiger partial charge is 0.345 e. The molecule has 0 bridgehead atoms. The fourth-order valence-electron chi connectivity index (χ4n) is 2.81. The molecule has 7 heteroatoms. The molecule has 1 N–H and O–H groups in total. The number of methoxy groups -OCH3 is 1. The van der Waals surface area contributed by atoms with E-state index in [0.717, 1.165) is 16.8 Å². The van der Waals surface area contributed by atoms with Gasteiger partial charge in [0.15, 0.2) is 5.13 Å². The van der Waals surface area contributed by atoms with Crippen molar-refractivity contribution in [3.05, 3.63) is 64.3 Å². The summed E-state index contributed by atoms with van der Waals surface area (Å²) in [6.45, 7) is 2.46. The number of rotatable bonds is 6. The third-order valence-corrected chi connectivity index (χ3v) is 4.88. The van der Waals surface area contributed by atoms with E-state index in [1.54, 1.807) is 19.2 Å². The van der Waals surface area contributed by atoms with Crippen molar-refractivity contribution in [1.82, 2.24) is 4.98 Å². The van der Waals surface area contributed by atoms with Gasteiger partial charge in [0.1, 0.15) is 17.1 Å². The zero-order chi connectivity index (χ0) is 19.5. The summed E-state index contributed by atoms with van der Waals surface area (Å²) in [5.74, 6) is 1.42. The molecule has 0 aliphatic rings. The van der Waals surface area contributed by atoms with Crippen LogP contribution < -0.4 is 20.4 Å². The Hall–Kier alpha value is -3.32. The van der Waals surface area contributed by atoms with Gasteiger partial charge in [0.05, 0.1) is 25.0 Å². The normalized spacial score (nSPS) is 10.8. The predicted octanol–water partition coefficient (Wildman–Crippen LogP) is 5.07. The molecule has 6 nitrogen and oxygen atoms in total. The summed E-state index contributed by atoms with van der Waals surface area (Å²) < 4.78 is 16.2. The van der Waals surface area contributed by atoms with Crippen molar-refractivity contribution in [2.24, 2.45) is 0 Å². The molecule has 0 aliphatic carbocycles. The van der Waals surface area contributed by atoms with E-state index in [4.69, 9.17) is 13.9 Å². The fraction of sp³-hybridized carbons (Fsp3) is 0.143. The monoisotopic (exact) mass is 394 g/mol. The van der Waals surface area contributed by atoms with Crippen LogP contribution in [0.1, 0.15) is 6.92 Å². The van der Waals surface area contributed by atoms with Crippen LogP contribution in [0.2, 0.25) is 0 Å². The molecule has 0 unspecified atom stereocenters. The number of thiazole rings is 1. The van der Waals surface area contributed by atoms with Crippen molar-refractivity contribution in [2.75, 3.05) is 19.0 Å². The molecular formula is C21H18N2O4S. The Morgan fingerprint density at radius 3 is 2.86 bits per heavy atom. The first kappa shape index (κ1) is 18.1. The van der Waals surface area contributed by atoms with Gasteiger partial charge in [-0.2, -0.15) is 0 Å². The maximum absolute atomic E-state index is 12.5. The fourth-order valence-corrected chi connectivity index (χ4v) is 3.54. The minimum atomic E-state index is -0.431. The van der Waals surface area contributed by atoms with Crippen LogP contribution in [0.25, 0.3) is 22.2 Å². The average Bonchev–Trinajstić information content (AvgIpc) is 3.16. The van der Waals surface area contributed by atoms with Gasteiger partial charge >= 0.3 is 5.63 Å².